The zero-order valence-corrected chi connectivity index (χ0v) is 14.4. The Bertz CT molecular complexity index is 534. The molecule has 7 nitrogen and oxygen atoms in total. The number of ether oxygens (including phenoxy) is 1. The maximum Gasteiger partial charge on any atom is 0.408 e. The van der Waals surface area contributed by atoms with Gasteiger partial charge in [0.2, 0.25) is 5.91 Å². The molecule has 0 heterocycles. The molecular weight excluding hydrogens is 312 g/mol. The van der Waals surface area contributed by atoms with E-state index in [-0.39, 0.29) is 0 Å². The van der Waals surface area contributed by atoms with E-state index in [9.17, 15) is 19.5 Å². The smallest absolute Gasteiger partial charge is 0.408 e. The fraction of sp³-hybridized carbons (Fsp3) is 0.588. The maximum absolute atomic E-state index is 12.3. The molecule has 0 spiro atoms. The number of carboxylic acids is 1. The Morgan fingerprint density at radius 2 is 1.96 bits per heavy atom. The lowest BCUT2D eigenvalue weighted by atomic mass is 9.93. The Labute approximate surface area is 142 Å². The van der Waals surface area contributed by atoms with Crippen molar-refractivity contribution in [1.82, 2.24) is 10.6 Å². The van der Waals surface area contributed by atoms with Crippen LogP contribution in [0.15, 0.2) is 24.3 Å². The van der Waals surface area contributed by atoms with Gasteiger partial charge in [0.15, 0.2) is 0 Å². The standard InChI is InChI=1S/C17H26N2O5/c1-5-12(18-16(23)24-17(2,3)4)14(20)19-13(15(21)22)11-9-7-6-8-10-11/h5,9,12-13H,1,6-8,10H2,2-4H3,(H,18,23)(H,19,20)(H,21,22)/t12-,13-/m0/s1. The lowest BCUT2D eigenvalue weighted by molar-refractivity contribution is -0.140. The van der Waals surface area contributed by atoms with Crippen LogP contribution in [0, 0.1) is 0 Å². The molecule has 0 bridgehead atoms. The van der Waals surface area contributed by atoms with Crippen LogP contribution in [-0.4, -0.2) is 40.8 Å². The third kappa shape index (κ3) is 6.44. The summed E-state index contributed by atoms with van der Waals surface area (Å²) in [6, 6.07) is -2.17. The van der Waals surface area contributed by atoms with Gasteiger partial charge in [-0.2, -0.15) is 0 Å². The molecule has 0 fully saturated rings. The van der Waals surface area contributed by atoms with Crippen LogP contribution in [0.3, 0.4) is 0 Å². The van der Waals surface area contributed by atoms with E-state index in [4.69, 9.17) is 4.74 Å². The molecule has 1 rings (SSSR count). The molecule has 0 aromatic heterocycles. The summed E-state index contributed by atoms with van der Waals surface area (Å²) < 4.78 is 5.08. The normalized spacial score (nSPS) is 17.0. The summed E-state index contributed by atoms with van der Waals surface area (Å²) in [7, 11) is 0. The van der Waals surface area contributed by atoms with Gasteiger partial charge < -0.3 is 20.5 Å². The van der Waals surface area contributed by atoms with Crippen LogP contribution in [0.5, 0.6) is 0 Å². The van der Waals surface area contributed by atoms with Crippen LogP contribution in [-0.2, 0) is 14.3 Å². The first kappa shape index (κ1) is 19.7. The minimum Gasteiger partial charge on any atom is -0.479 e. The van der Waals surface area contributed by atoms with Crippen molar-refractivity contribution >= 4 is 18.0 Å². The Kier molecular flexibility index (Phi) is 7.00. The molecule has 0 aromatic rings. The summed E-state index contributed by atoms with van der Waals surface area (Å²) in [5, 5.41) is 14.2. The summed E-state index contributed by atoms with van der Waals surface area (Å²) in [5.41, 5.74) is -0.0230. The minimum atomic E-state index is -1.13. The highest BCUT2D eigenvalue weighted by molar-refractivity contribution is 5.91. The summed E-state index contributed by atoms with van der Waals surface area (Å²) in [4.78, 5) is 35.5. The molecule has 7 heteroatoms. The quantitative estimate of drug-likeness (QED) is 0.644. The lowest BCUT2D eigenvalue weighted by Gasteiger charge is -2.24. The van der Waals surface area contributed by atoms with E-state index in [1.807, 2.05) is 6.08 Å². The fourth-order valence-electron chi connectivity index (χ4n) is 2.34. The summed E-state index contributed by atoms with van der Waals surface area (Å²) in [6.45, 7) is 8.60. The van der Waals surface area contributed by atoms with Crippen LogP contribution in [0.2, 0.25) is 0 Å². The zero-order valence-electron chi connectivity index (χ0n) is 14.4. The number of aliphatic carboxylic acids is 1. The third-order valence-corrected chi connectivity index (χ3v) is 3.42. The van der Waals surface area contributed by atoms with Gasteiger partial charge in [0.25, 0.3) is 0 Å². The van der Waals surface area contributed by atoms with Gasteiger partial charge in [-0.15, -0.1) is 6.58 Å². The van der Waals surface area contributed by atoms with E-state index in [0.29, 0.717) is 12.0 Å². The van der Waals surface area contributed by atoms with Gasteiger partial charge in [-0.3, -0.25) is 4.79 Å². The fourth-order valence-corrected chi connectivity index (χ4v) is 2.34. The molecule has 1 aliphatic rings. The van der Waals surface area contributed by atoms with Gasteiger partial charge in [-0.1, -0.05) is 12.2 Å². The molecule has 0 saturated carbocycles. The molecule has 1 aliphatic carbocycles. The topological polar surface area (TPSA) is 105 Å². The first-order valence-electron chi connectivity index (χ1n) is 7.98. The largest absolute Gasteiger partial charge is 0.479 e. The first-order chi connectivity index (χ1) is 11.1. The van der Waals surface area contributed by atoms with Crippen LogP contribution in [0.1, 0.15) is 46.5 Å². The summed E-state index contributed by atoms with van der Waals surface area (Å²) in [5.74, 6) is -1.77. The molecule has 0 saturated heterocycles. The molecule has 3 N–H and O–H groups in total. The van der Waals surface area contributed by atoms with Crippen molar-refractivity contribution in [3.63, 3.8) is 0 Å². The second kappa shape index (κ2) is 8.52. The molecule has 0 radical (unpaired) electrons. The number of allylic oxidation sites excluding steroid dienone is 1. The maximum atomic E-state index is 12.3. The average molecular weight is 338 g/mol. The number of hydrogen-bond acceptors (Lipinski definition) is 4. The van der Waals surface area contributed by atoms with Gasteiger partial charge in [-0.05, 0) is 52.0 Å². The Morgan fingerprint density at radius 1 is 1.29 bits per heavy atom. The highest BCUT2D eigenvalue weighted by Crippen LogP contribution is 2.20. The van der Waals surface area contributed by atoms with Crippen LogP contribution in [0.25, 0.3) is 0 Å². The second-order valence-corrected chi connectivity index (χ2v) is 6.66. The predicted molar refractivity (Wildman–Crippen MR) is 89.5 cm³/mol. The molecule has 0 aromatic carbocycles. The van der Waals surface area contributed by atoms with Gasteiger partial charge in [0.1, 0.15) is 17.7 Å². The number of carboxylic acid groups (broad SMARTS) is 1. The van der Waals surface area contributed by atoms with Gasteiger partial charge in [0.05, 0.1) is 0 Å². The van der Waals surface area contributed by atoms with Crippen LogP contribution < -0.4 is 10.6 Å². The van der Waals surface area contributed by atoms with Crippen molar-refractivity contribution in [3.05, 3.63) is 24.3 Å². The number of hydrogen-bond donors (Lipinski definition) is 3. The first-order valence-corrected chi connectivity index (χ1v) is 7.98. The Morgan fingerprint density at radius 3 is 2.42 bits per heavy atom. The number of carbonyl (C=O) groups is 3. The van der Waals surface area contributed by atoms with E-state index >= 15 is 0 Å². The highest BCUT2D eigenvalue weighted by atomic mass is 16.6. The second-order valence-electron chi connectivity index (χ2n) is 6.66. The number of rotatable bonds is 6. The van der Waals surface area contributed by atoms with Crippen molar-refractivity contribution in [1.29, 1.82) is 0 Å². The monoisotopic (exact) mass is 338 g/mol. The number of carbonyl (C=O) groups excluding carboxylic acids is 2. The highest BCUT2D eigenvalue weighted by Gasteiger charge is 2.29. The van der Waals surface area contributed by atoms with Gasteiger partial charge in [-0.25, -0.2) is 9.59 Å². The van der Waals surface area contributed by atoms with Gasteiger partial charge in [0, 0.05) is 0 Å². The van der Waals surface area contributed by atoms with E-state index < -0.39 is 35.7 Å². The number of alkyl carbamates (subject to hydrolysis) is 1. The number of amides is 2. The van der Waals surface area contributed by atoms with Gasteiger partial charge >= 0.3 is 12.1 Å². The molecule has 0 aliphatic heterocycles. The van der Waals surface area contributed by atoms with Crippen molar-refractivity contribution in [3.8, 4) is 0 Å². The number of nitrogens with one attached hydrogen (secondary N) is 2. The van der Waals surface area contributed by atoms with Crippen LogP contribution in [0.4, 0.5) is 4.79 Å². The van der Waals surface area contributed by atoms with E-state index in [1.165, 1.54) is 6.08 Å². The van der Waals surface area contributed by atoms with Crippen molar-refractivity contribution in [2.45, 2.75) is 64.1 Å². The van der Waals surface area contributed by atoms with E-state index in [1.54, 1.807) is 20.8 Å². The SMILES string of the molecule is C=C[C@H](NC(=O)OC(C)(C)C)C(=O)N[C@H](C(=O)O)C1=CCCCC1. The van der Waals surface area contributed by atoms with E-state index in [0.717, 1.165) is 19.3 Å². The minimum absolute atomic E-state index is 0.634. The van der Waals surface area contributed by atoms with Crippen molar-refractivity contribution < 1.29 is 24.2 Å². The predicted octanol–water partition coefficient (Wildman–Crippen LogP) is 2.14. The Hall–Kier alpha value is -2.31. The Balaban J connectivity index is 2.73. The van der Waals surface area contributed by atoms with Crippen molar-refractivity contribution in [2.75, 3.05) is 0 Å². The summed E-state index contributed by atoms with van der Waals surface area (Å²) in [6.07, 6.45) is 5.66. The zero-order chi connectivity index (χ0) is 18.3. The summed E-state index contributed by atoms with van der Waals surface area (Å²) >= 11 is 0. The molecule has 2 amide bonds. The third-order valence-electron chi connectivity index (χ3n) is 3.42. The lowest BCUT2D eigenvalue weighted by Crippen LogP contribution is -2.52. The van der Waals surface area contributed by atoms with Crippen molar-refractivity contribution in [2.24, 2.45) is 0 Å². The molecule has 24 heavy (non-hydrogen) atoms. The molecular formula is C17H26N2O5. The average Bonchev–Trinajstić information content (AvgIpc) is 2.48. The molecule has 134 valence electrons. The van der Waals surface area contributed by atoms with Crippen LogP contribution >= 0.6 is 0 Å². The molecule has 0 unspecified atom stereocenters. The van der Waals surface area contributed by atoms with E-state index in [2.05, 4.69) is 17.2 Å². The molecule has 2 atom stereocenters.